The molecule has 1 aliphatic heterocycles. The summed E-state index contributed by atoms with van der Waals surface area (Å²) in [6.45, 7) is 1.97. The number of carbonyl (C=O) groups excluding carboxylic acids is 1. The van der Waals surface area contributed by atoms with Gasteiger partial charge in [0.2, 0.25) is 0 Å². The van der Waals surface area contributed by atoms with E-state index >= 15 is 0 Å². The third-order valence-electron chi connectivity index (χ3n) is 3.24. The molecule has 3 nitrogen and oxygen atoms in total. The predicted octanol–water partition coefficient (Wildman–Crippen LogP) is 5.18. The van der Waals surface area contributed by atoms with Gasteiger partial charge in [0.05, 0.1) is 10.6 Å². The fraction of sp³-hybridized carbons (Fsp3) is 0.0526. The van der Waals surface area contributed by atoms with E-state index in [1.165, 1.54) is 11.8 Å². The van der Waals surface area contributed by atoms with Crippen molar-refractivity contribution in [3.05, 3.63) is 81.7 Å². The number of carbonyl (C=O) groups is 1. The molecule has 5 heteroatoms. The van der Waals surface area contributed by atoms with Crippen molar-refractivity contribution in [3.8, 4) is 0 Å². The van der Waals surface area contributed by atoms with E-state index in [0.717, 1.165) is 11.1 Å². The highest BCUT2D eigenvalue weighted by Crippen LogP contribution is 2.28. The fourth-order valence-corrected chi connectivity index (χ4v) is 3.28. The van der Waals surface area contributed by atoms with Crippen molar-refractivity contribution in [2.45, 2.75) is 6.92 Å². The minimum Gasteiger partial charge on any atom is -0.300 e. The summed E-state index contributed by atoms with van der Waals surface area (Å²) in [5, 5.41) is 3.95. The average molecular weight is 355 g/mol. The second-order valence-corrected chi connectivity index (χ2v) is 6.73. The van der Waals surface area contributed by atoms with Crippen LogP contribution in [0.1, 0.15) is 12.5 Å². The first-order chi connectivity index (χ1) is 11.6. The molecule has 1 fully saturated rings. The number of halogens is 1. The minimum atomic E-state index is -0.137. The molecule has 0 radical (unpaired) electrons. The zero-order valence-corrected chi connectivity index (χ0v) is 14.6. The Bertz CT molecular complexity index is 857. The number of hydrogen-bond donors (Lipinski definition) is 1. The standard InChI is InChI=1S/C19H15ClN2OS/c1-13(10-14-6-3-2-4-7-14)11-17-18(23)22-19(24-17)21-16-9-5-8-15(20)12-16/h2-12H,1H3,(H,21,22,23)/b13-10+,17-11-. The maximum Gasteiger partial charge on any atom is 0.264 e. The molecule has 0 atom stereocenters. The Morgan fingerprint density at radius 1 is 1.17 bits per heavy atom. The molecule has 0 spiro atoms. The number of thioether (sulfide) groups is 1. The van der Waals surface area contributed by atoms with Crippen molar-refractivity contribution in [2.24, 2.45) is 4.99 Å². The molecule has 120 valence electrons. The Hall–Kier alpha value is -2.30. The topological polar surface area (TPSA) is 41.5 Å². The Morgan fingerprint density at radius 3 is 2.71 bits per heavy atom. The molecular weight excluding hydrogens is 340 g/mol. The third-order valence-corrected chi connectivity index (χ3v) is 4.39. The van der Waals surface area contributed by atoms with Crippen LogP contribution in [0.25, 0.3) is 6.08 Å². The molecule has 1 amide bonds. The van der Waals surface area contributed by atoms with Crippen molar-refractivity contribution in [1.82, 2.24) is 5.32 Å². The van der Waals surface area contributed by atoms with Gasteiger partial charge in [0, 0.05) is 5.02 Å². The smallest absolute Gasteiger partial charge is 0.264 e. The van der Waals surface area contributed by atoms with E-state index in [2.05, 4.69) is 10.3 Å². The van der Waals surface area contributed by atoms with Crippen LogP contribution in [0, 0.1) is 0 Å². The van der Waals surface area contributed by atoms with E-state index in [9.17, 15) is 4.79 Å². The second kappa shape index (κ2) is 7.51. The zero-order valence-electron chi connectivity index (χ0n) is 13.0. The van der Waals surface area contributed by atoms with Crippen LogP contribution >= 0.6 is 23.4 Å². The molecule has 2 aromatic carbocycles. The van der Waals surface area contributed by atoms with Crippen LogP contribution in [0.3, 0.4) is 0 Å². The Balaban J connectivity index is 1.78. The number of amidine groups is 1. The summed E-state index contributed by atoms with van der Waals surface area (Å²) in [5.41, 5.74) is 2.81. The summed E-state index contributed by atoms with van der Waals surface area (Å²) in [4.78, 5) is 17.1. The Morgan fingerprint density at radius 2 is 1.96 bits per heavy atom. The van der Waals surface area contributed by atoms with Gasteiger partial charge < -0.3 is 5.32 Å². The lowest BCUT2D eigenvalue weighted by Crippen LogP contribution is -2.19. The van der Waals surface area contributed by atoms with Gasteiger partial charge in [-0.2, -0.15) is 0 Å². The molecule has 0 bridgehead atoms. The highest BCUT2D eigenvalue weighted by molar-refractivity contribution is 8.18. The van der Waals surface area contributed by atoms with Crippen LogP contribution < -0.4 is 5.32 Å². The van der Waals surface area contributed by atoms with Gasteiger partial charge in [-0.05, 0) is 54.1 Å². The van der Waals surface area contributed by atoms with Crippen molar-refractivity contribution in [1.29, 1.82) is 0 Å². The van der Waals surface area contributed by atoms with Crippen LogP contribution in [0.4, 0.5) is 5.69 Å². The van der Waals surface area contributed by atoms with Crippen LogP contribution in [0.2, 0.25) is 5.02 Å². The van der Waals surface area contributed by atoms with Gasteiger partial charge in [-0.1, -0.05) is 54.1 Å². The van der Waals surface area contributed by atoms with Gasteiger partial charge in [0.1, 0.15) is 0 Å². The lowest BCUT2D eigenvalue weighted by molar-refractivity contribution is -0.115. The summed E-state index contributed by atoms with van der Waals surface area (Å²) in [6, 6.07) is 17.2. The molecule has 0 unspecified atom stereocenters. The second-order valence-electron chi connectivity index (χ2n) is 5.26. The van der Waals surface area contributed by atoms with E-state index in [1.807, 2.05) is 61.5 Å². The van der Waals surface area contributed by atoms with Crippen LogP contribution in [0.5, 0.6) is 0 Å². The van der Waals surface area contributed by atoms with Gasteiger partial charge in [0.15, 0.2) is 5.17 Å². The van der Waals surface area contributed by atoms with E-state index in [1.54, 1.807) is 12.1 Å². The summed E-state index contributed by atoms with van der Waals surface area (Å²) >= 11 is 7.28. The van der Waals surface area contributed by atoms with E-state index in [4.69, 9.17) is 11.6 Å². The van der Waals surface area contributed by atoms with E-state index < -0.39 is 0 Å². The molecule has 24 heavy (non-hydrogen) atoms. The largest absolute Gasteiger partial charge is 0.300 e. The van der Waals surface area contributed by atoms with Crippen LogP contribution in [-0.4, -0.2) is 11.1 Å². The summed E-state index contributed by atoms with van der Waals surface area (Å²) in [6.07, 6.45) is 3.90. The van der Waals surface area contributed by atoms with Crippen molar-refractivity contribution >= 4 is 46.2 Å². The molecule has 0 saturated carbocycles. The number of nitrogens with zero attached hydrogens (tertiary/aromatic N) is 1. The van der Waals surface area contributed by atoms with E-state index in [0.29, 0.717) is 20.8 Å². The average Bonchev–Trinajstić information content (AvgIpc) is 2.87. The molecule has 0 aliphatic carbocycles. The SMILES string of the molecule is CC(/C=C1\SC(=Nc2cccc(Cl)c2)NC1=O)=C\c1ccccc1. The normalized spacial score (nSPS) is 18.2. The van der Waals surface area contributed by atoms with Crippen molar-refractivity contribution in [3.63, 3.8) is 0 Å². The summed E-state index contributed by atoms with van der Waals surface area (Å²) in [5.74, 6) is -0.137. The molecule has 1 aliphatic rings. The van der Waals surface area contributed by atoms with Crippen molar-refractivity contribution < 1.29 is 4.79 Å². The summed E-state index contributed by atoms with van der Waals surface area (Å²) in [7, 11) is 0. The fourth-order valence-electron chi connectivity index (χ4n) is 2.20. The maximum absolute atomic E-state index is 12.1. The highest BCUT2D eigenvalue weighted by Gasteiger charge is 2.23. The lowest BCUT2D eigenvalue weighted by atomic mass is 10.1. The quantitative estimate of drug-likeness (QED) is 0.772. The number of aliphatic imine (C=N–C) groups is 1. The lowest BCUT2D eigenvalue weighted by Gasteiger charge is -1.97. The number of rotatable bonds is 3. The number of allylic oxidation sites excluding steroid dienone is 2. The predicted molar refractivity (Wildman–Crippen MR) is 102 cm³/mol. The first-order valence-electron chi connectivity index (χ1n) is 7.39. The zero-order chi connectivity index (χ0) is 16.9. The number of nitrogens with one attached hydrogen (secondary N) is 1. The minimum absolute atomic E-state index is 0.137. The van der Waals surface area contributed by atoms with Crippen LogP contribution in [0.15, 0.2) is 76.1 Å². The number of hydrogen-bond acceptors (Lipinski definition) is 3. The van der Waals surface area contributed by atoms with Gasteiger partial charge in [-0.25, -0.2) is 4.99 Å². The highest BCUT2D eigenvalue weighted by atomic mass is 35.5. The first kappa shape index (κ1) is 16.6. The van der Waals surface area contributed by atoms with E-state index in [-0.39, 0.29) is 5.91 Å². The molecule has 0 aromatic heterocycles. The Labute approximate surface area is 150 Å². The van der Waals surface area contributed by atoms with Gasteiger partial charge in [0.25, 0.3) is 5.91 Å². The molecule has 1 saturated heterocycles. The molecule has 1 N–H and O–H groups in total. The van der Waals surface area contributed by atoms with Crippen molar-refractivity contribution in [2.75, 3.05) is 0 Å². The number of amides is 1. The van der Waals surface area contributed by atoms with Gasteiger partial charge >= 0.3 is 0 Å². The first-order valence-corrected chi connectivity index (χ1v) is 8.58. The van der Waals surface area contributed by atoms with Gasteiger partial charge in [-0.15, -0.1) is 0 Å². The summed E-state index contributed by atoms with van der Waals surface area (Å²) < 4.78 is 0. The number of benzene rings is 2. The molecular formula is C19H15ClN2OS. The molecule has 2 aromatic rings. The molecule has 1 heterocycles. The third kappa shape index (κ3) is 4.37. The molecule has 3 rings (SSSR count). The maximum atomic E-state index is 12.1. The van der Waals surface area contributed by atoms with Crippen LogP contribution in [-0.2, 0) is 4.79 Å². The monoisotopic (exact) mass is 354 g/mol. The Kier molecular flexibility index (Phi) is 5.18. The van der Waals surface area contributed by atoms with Gasteiger partial charge in [-0.3, -0.25) is 4.79 Å².